The molecular weight excluding hydrogens is 280 g/mol. The smallest absolute Gasteiger partial charge is 0.320 e. The number of hydrogen-bond donors (Lipinski definition) is 1. The number of amides is 1. The molecule has 0 saturated carbocycles. The molecule has 0 aromatic heterocycles. The molecule has 1 N–H and O–H groups in total. The molecule has 0 bridgehead atoms. The van der Waals surface area contributed by atoms with Crippen LogP contribution in [0.3, 0.4) is 0 Å². The van der Waals surface area contributed by atoms with Gasteiger partial charge in [-0.15, -0.1) is 0 Å². The van der Waals surface area contributed by atoms with Gasteiger partial charge >= 0.3 is 5.97 Å². The SMILES string of the molecule is C[C@H](C(=O)O)N(C)[C@@H]1CCN(c2ccccc2Cl)C1=O. The number of carbonyl (C=O) groups is 2. The second-order valence-electron chi connectivity index (χ2n) is 4.93. The molecule has 1 aliphatic heterocycles. The van der Waals surface area contributed by atoms with Crippen molar-refractivity contribution in [1.29, 1.82) is 0 Å². The van der Waals surface area contributed by atoms with E-state index >= 15 is 0 Å². The summed E-state index contributed by atoms with van der Waals surface area (Å²) in [4.78, 5) is 26.7. The molecule has 1 fully saturated rings. The van der Waals surface area contributed by atoms with E-state index in [1.807, 2.05) is 12.1 Å². The minimum atomic E-state index is -0.934. The fourth-order valence-electron chi connectivity index (χ4n) is 2.40. The summed E-state index contributed by atoms with van der Waals surface area (Å²) in [5.74, 6) is -1.04. The lowest BCUT2D eigenvalue weighted by atomic mass is 10.1. The predicted molar refractivity (Wildman–Crippen MR) is 77.1 cm³/mol. The lowest BCUT2D eigenvalue weighted by Gasteiger charge is -2.27. The summed E-state index contributed by atoms with van der Waals surface area (Å²) in [7, 11) is 1.66. The van der Waals surface area contributed by atoms with E-state index in [9.17, 15) is 9.59 Å². The number of benzene rings is 1. The Morgan fingerprint density at radius 2 is 2.15 bits per heavy atom. The molecule has 108 valence electrons. The van der Waals surface area contributed by atoms with Crippen LogP contribution in [0.25, 0.3) is 0 Å². The summed E-state index contributed by atoms with van der Waals surface area (Å²) < 4.78 is 0. The monoisotopic (exact) mass is 296 g/mol. The first-order valence-corrected chi connectivity index (χ1v) is 6.82. The van der Waals surface area contributed by atoms with Gasteiger partial charge in [0.05, 0.1) is 16.8 Å². The van der Waals surface area contributed by atoms with Crippen LogP contribution in [0.15, 0.2) is 24.3 Å². The Morgan fingerprint density at radius 1 is 1.50 bits per heavy atom. The largest absolute Gasteiger partial charge is 0.480 e. The van der Waals surface area contributed by atoms with Gasteiger partial charge in [0.2, 0.25) is 5.91 Å². The van der Waals surface area contributed by atoms with Crippen molar-refractivity contribution in [2.45, 2.75) is 25.4 Å². The zero-order chi connectivity index (χ0) is 14.9. The van der Waals surface area contributed by atoms with E-state index < -0.39 is 18.1 Å². The Balaban J connectivity index is 2.18. The van der Waals surface area contributed by atoms with E-state index in [0.717, 1.165) is 0 Å². The zero-order valence-electron chi connectivity index (χ0n) is 11.4. The van der Waals surface area contributed by atoms with Gasteiger partial charge in [0, 0.05) is 6.54 Å². The van der Waals surface area contributed by atoms with Crippen molar-refractivity contribution >= 4 is 29.2 Å². The molecule has 2 rings (SSSR count). The number of halogens is 1. The predicted octanol–water partition coefficient (Wildman–Crippen LogP) is 1.85. The van der Waals surface area contributed by atoms with Crippen LogP contribution in [-0.2, 0) is 9.59 Å². The highest BCUT2D eigenvalue weighted by atomic mass is 35.5. The van der Waals surface area contributed by atoms with Crippen LogP contribution in [0.1, 0.15) is 13.3 Å². The molecule has 1 aromatic rings. The maximum absolute atomic E-state index is 12.5. The number of aliphatic carboxylic acids is 1. The van der Waals surface area contributed by atoms with Crippen LogP contribution in [0.2, 0.25) is 5.02 Å². The van der Waals surface area contributed by atoms with Gasteiger partial charge in [0.25, 0.3) is 0 Å². The third kappa shape index (κ3) is 2.64. The van der Waals surface area contributed by atoms with E-state index in [1.54, 1.807) is 35.9 Å². The highest BCUT2D eigenvalue weighted by molar-refractivity contribution is 6.33. The van der Waals surface area contributed by atoms with E-state index in [1.165, 1.54) is 0 Å². The quantitative estimate of drug-likeness (QED) is 0.921. The molecule has 1 amide bonds. The number of nitrogens with zero attached hydrogens (tertiary/aromatic N) is 2. The van der Waals surface area contributed by atoms with Gasteiger partial charge in [-0.2, -0.15) is 0 Å². The molecule has 0 unspecified atom stereocenters. The van der Waals surface area contributed by atoms with Crippen LogP contribution in [-0.4, -0.2) is 47.6 Å². The van der Waals surface area contributed by atoms with E-state index in [2.05, 4.69) is 0 Å². The summed E-state index contributed by atoms with van der Waals surface area (Å²) in [6, 6.07) is 6.05. The van der Waals surface area contributed by atoms with Crippen LogP contribution in [0.4, 0.5) is 5.69 Å². The minimum Gasteiger partial charge on any atom is -0.480 e. The van der Waals surface area contributed by atoms with Crippen molar-refractivity contribution in [3.05, 3.63) is 29.3 Å². The van der Waals surface area contributed by atoms with Gasteiger partial charge in [0.1, 0.15) is 6.04 Å². The van der Waals surface area contributed by atoms with Gasteiger partial charge in [-0.3, -0.25) is 14.5 Å². The number of anilines is 1. The minimum absolute atomic E-state index is 0.103. The lowest BCUT2D eigenvalue weighted by Crippen LogP contribution is -2.47. The van der Waals surface area contributed by atoms with Gasteiger partial charge in [0.15, 0.2) is 0 Å². The van der Waals surface area contributed by atoms with Crippen LogP contribution in [0.5, 0.6) is 0 Å². The molecule has 1 saturated heterocycles. The third-order valence-corrected chi connectivity index (χ3v) is 4.10. The molecule has 1 heterocycles. The van der Waals surface area contributed by atoms with Crippen molar-refractivity contribution in [2.75, 3.05) is 18.5 Å². The zero-order valence-corrected chi connectivity index (χ0v) is 12.2. The fraction of sp³-hybridized carbons (Fsp3) is 0.429. The average Bonchev–Trinajstić information content (AvgIpc) is 2.79. The number of rotatable bonds is 4. The van der Waals surface area contributed by atoms with Gasteiger partial charge < -0.3 is 10.0 Å². The topological polar surface area (TPSA) is 60.9 Å². The Labute approximate surface area is 122 Å². The summed E-state index contributed by atoms with van der Waals surface area (Å²) in [5, 5.41) is 9.56. The second kappa shape index (κ2) is 5.81. The standard InChI is InChI=1S/C14H17ClN2O3/c1-9(14(19)20)16(2)12-7-8-17(13(12)18)11-6-4-3-5-10(11)15/h3-6,9,12H,7-8H2,1-2H3,(H,19,20)/t9-,12-/m1/s1. The van der Waals surface area contributed by atoms with Crippen LogP contribution in [0, 0.1) is 0 Å². The van der Waals surface area contributed by atoms with Crippen molar-refractivity contribution in [3.8, 4) is 0 Å². The molecule has 1 aliphatic rings. The molecule has 0 radical (unpaired) electrons. The van der Waals surface area contributed by atoms with Crippen LogP contribution >= 0.6 is 11.6 Å². The Morgan fingerprint density at radius 3 is 2.75 bits per heavy atom. The van der Waals surface area contributed by atoms with Gasteiger partial charge in [-0.05, 0) is 32.5 Å². The number of carbonyl (C=O) groups excluding carboxylic acids is 1. The van der Waals surface area contributed by atoms with E-state index in [0.29, 0.717) is 23.7 Å². The normalized spacial score (nSPS) is 20.5. The van der Waals surface area contributed by atoms with E-state index in [-0.39, 0.29) is 5.91 Å². The first-order valence-electron chi connectivity index (χ1n) is 6.44. The molecule has 0 spiro atoms. The number of para-hydroxylation sites is 1. The maximum Gasteiger partial charge on any atom is 0.320 e. The number of carboxylic acid groups (broad SMARTS) is 1. The maximum atomic E-state index is 12.5. The number of hydrogen-bond acceptors (Lipinski definition) is 3. The van der Waals surface area contributed by atoms with Crippen molar-refractivity contribution in [3.63, 3.8) is 0 Å². The van der Waals surface area contributed by atoms with Crippen molar-refractivity contribution in [1.82, 2.24) is 4.90 Å². The first kappa shape index (κ1) is 14.8. The third-order valence-electron chi connectivity index (χ3n) is 3.78. The molecule has 5 nitrogen and oxygen atoms in total. The van der Waals surface area contributed by atoms with E-state index in [4.69, 9.17) is 16.7 Å². The molecule has 1 aromatic carbocycles. The van der Waals surface area contributed by atoms with Crippen molar-refractivity contribution < 1.29 is 14.7 Å². The highest BCUT2D eigenvalue weighted by Crippen LogP contribution is 2.30. The number of likely N-dealkylation sites (N-methyl/N-ethyl adjacent to an activating group) is 1. The first-order chi connectivity index (χ1) is 9.43. The lowest BCUT2D eigenvalue weighted by molar-refractivity contribution is -0.143. The molecular formula is C14H17ClN2O3. The van der Waals surface area contributed by atoms with Crippen molar-refractivity contribution in [2.24, 2.45) is 0 Å². The summed E-state index contributed by atoms with van der Waals surface area (Å²) >= 11 is 6.11. The summed E-state index contributed by atoms with van der Waals surface area (Å²) in [6.07, 6.45) is 0.595. The molecule has 6 heteroatoms. The molecule has 20 heavy (non-hydrogen) atoms. The van der Waals surface area contributed by atoms with Crippen LogP contribution < -0.4 is 4.90 Å². The Hall–Kier alpha value is -1.59. The van der Waals surface area contributed by atoms with Gasteiger partial charge in [-0.25, -0.2) is 0 Å². The summed E-state index contributed by atoms with van der Waals surface area (Å²) in [6.45, 7) is 2.12. The second-order valence-corrected chi connectivity index (χ2v) is 5.33. The molecule has 2 atom stereocenters. The molecule has 0 aliphatic carbocycles. The highest BCUT2D eigenvalue weighted by Gasteiger charge is 2.38. The Bertz CT molecular complexity index is 535. The fourth-order valence-corrected chi connectivity index (χ4v) is 2.63. The Kier molecular flexibility index (Phi) is 4.30. The summed E-state index contributed by atoms with van der Waals surface area (Å²) in [5.41, 5.74) is 0.679. The van der Waals surface area contributed by atoms with Gasteiger partial charge in [-0.1, -0.05) is 23.7 Å². The average molecular weight is 297 g/mol. The number of carboxylic acids is 1.